The van der Waals surface area contributed by atoms with E-state index in [1.807, 2.05) is 0 Å². The van der Waals surface area contributed by atoms with Crippen LogP contribution in [0.1, 0.15) is 64.6 Å². The molecule has 0 fully saturated rings. The Morgan fingerprint density at radius 2 is 0.880 bits per heavy atom. The van der Waals surface area contributed by atoms with Crippen LogP contribution in [-0.2, 0) is 23.2 Å². The van der Waals surface area contributed by atoms with Gasteiger partial charge in [0.1, 0.15) is 0 Å². The van der Waals surface area contributed by atoms with Gasteiger partial charge in [-0.15, -0.1) is 0 Å². The summed E-state index contributed by atoms with van der Waals surface area (Å²) in [6.07, 6.45) is 7.20. The Kier molecular flexibility index (Phi) is 7.62. The van der Waals surface area contributed by atoms with Gasteiger partial charge >= 0.3 is 297 Å². The summed E-state index contributed by atoms with van der Waals surface area (Å²) in [5.74, 6) is 0. The van der Waals surface area contributed by atoms with Crippen molar-refractivity contribution in [2.45, 2.75) is 33.2 Å². The second-order valence-electron chi connectivity index (χ2n) is 14.8. The van der Waals surface area contributed by atoms with E-state index in [2.05, 4.69) is 147 Å². The number of allylic oxidation sites excluding steroid dienone is 4. The molecule has 0 radical (unpaired) electrons. The maximum Gasteiger partial charge on any atom is -1.00 e. The van der Waals surface area contributed by atoms with Gasteiger partial charge in [-0.25, -0.2) is 0 Å². The van der Waals surface area contributed by atoms with E-state index in [1.54, 1.807) is 43.8 Å². The molecule has 1 heterocycles. The van der Waals surface area contributed by atoms with Crippen molar-refractivity contribution in [1.82, 2.24) is 0 Å². The third kappa shape index (κ3) is 4.39. The normalized spacial score (nSPS) is 19.5. The minimum atomic E-state index is -2.17. The molecule has 4 heteroatoms. The molecule has 6 aromatic rings. The first-order valence-corrected chi connectivity index (χ1v) is 23.3. The summed E-state index contributed by atoms with van der Waals surface area (Å²) in [5, 5.41) is 9.14. The molecule has 2 atom stereocenters. The van der Waals surface area contributed by atoms with Gasteiger partial charge in [-0.05, 0) is 0 Å². The van der Waals surface area contributed by atoms with E-state index >= 15 is 0 Å². The number of hydrogen-bond acceptors (Lipinski definition) is 0. The summed E-state index contributed by atoms with van der Waals surface area (Å²) in [4.78, 5) is 0. The van der Waals surface area contributed by atoms with Crippen LogP contribution in [-0.4, -0.2) is 8.07 Å². The molecule has 4 aliphatic carbocycles. The van der Waals surface area contributed by atoms with E-state index in [1.165, 1.54) is 54.9 Å². The number of benzene rings is 6. The Hall–Kier alpha value is -3.52. The maximum atomic E-state index is 2.70. The largest absolute Gasteiger partial charge is 1.00 e. The molecule has 0 saturated heterocycles. The van der Waals surface area contributed by atoms with Gasteiger partial charge in [-0.2, -0.15) is 0 Å². The van der Waals surface area contributed by atoms with E-state index in [4.69, 9.17) is 0 Å². The predicted octanol–water partition coefficient (Wildman–Crippen LogP) is 6.09. The van der Waals surface area contributed by atoms with Crippen molar-refractivity contribution in [3.8, 4) is 0 Å². The van der Waals surface area contributed by atoms with Crippen molar-refractivity contribution in [2.24, 2.45) is 0 Å². The average Bonchev–Trinajstić information content (AvgIpc) is 3.83. The molecule has 2 unspecified atom stereocenters. The molecule has 0 spiro atoms. The summed E-state index contributed by atoms with van der Waals surface area (Å²) in [6.45, 7) is 5.40. The first kappa shape index (κ1) is 32.4. The number of fused-ring (bicyclic) bond motifs is 8. The quantitative estimate of drug-likeness (QED) is 0.191. The molecule has 4 bridgehead atoms. The minimum absolute atomic E-state index is 0. The summed E-state index contributed by atoms with van der Waals surface area (Å²) in [5.41, 5.74) is 18.8. The molecular formula is C46H34Cl2SiZr. The van der Waals surface area contributed by atoms with E-state index in [9.17, 15) is 0 Å². The van der Waals surface area contributed by atoms with Crippen molar-refractivity contribution in [3.05, 3.63) is 177 Å². The van der Waals surface area contributed by atoms with Crippen LogP contribution in [0.3, 0.4) is 0 Å². The molecular weight excluding hydrogens is 743 g/mol. The first-order chi connectivity index (χ1) is 23.6. The Bertz CT molecular complexity index is 2400. The zero-order valence-electron chi connectivity index (χ0n) is 28.0. The molecule has 11 rings (SSSR count). The topological polar surface area (TPSA) is 0 Å². The number of hydrogen-bond donors (Lipinski definition) is 0. The van der Waals surface area contributed by atoms with Crippen LogP contribution >= 0.6 is 0 Å². The van der Waals surface area contributed by atoms with Gasteiger partial charge in [-0.3, -0.25) is 0 Å². The molecule has 50 heavy (non-hydrogen) atoms. The molecule has 1 aliphatic heterocycles. The predicted molar refractivity (Wildman–Crippen MR) is 203 cm³/mol. The van der Waals surface area contributed by atoms with Crippen LogP contribution in [0.15, 0.2) is 132 Å². The van der Waals surface area contributed by atoms with Gasteiger partial charge in [0.25, 0.3) is 0 Å². The fraction of sp³-hybridized carbons (Fsp3) is 0.130. The van der Waals surface area contributed by atoms with Crippen molar-refractivity contribution in [2.75, 3.05) is 0 Å². The second kappa shape index (κ2) is 11.8. The Morgan fingerprint density at radius 1 is 0.480 bits per heavy atom. The SMILES string of the molecule is C[Si]1(C)C2=C(CC3=Cc4cccc5cccc3c45)[CH]([Zr+2][CH]3C(CC4=Cc5cccc6cccc4c56)=C1c1ccccc13)c1ccccc12.[Cl-].[Cl-]. The van der Waals surface area contributed by atoms with E-state index in [0.717, 1.165) is 12.8 Å². The standard InChI is InChI=1S/C46H34Si.2ClH.Zr/c1-47(2,45-37(23-31-11-3-5-19-41(31)45)27-35-25-33-17-7-13-29-15-9-21-39(35)43(29)33)46-38(24-32-12-4-6-20-42(32)46)28-36-26-34-18-8-14-30-16-10-22-40(36)44(30)34;;;/h3-26H,27-28H2,1-2H3;2*1H;/q;;;+2/p-2. The molecule has 0 saturated carbocycles. The monoisotopic (exact) mass is 774 g/mol. The summed E-state index contributed by atoms with van der Waals surface area (Å²) < 4.78 is 1.20. The average molecular weight is 777 g/mol. The van der Waals surface area contributed by atoms with Gasteiger partial charge in [0, 0.05) is 0 Å². The van der Waals surface area contributed by atoms with E-state index in [-0.39, 0.29) is 24.8 Å². The molecule has 5 aliphatic rings. The van der Waals surface area contributed by atoms with Gasteiger partial charge in [0.05, 0.1) is 0 Å². The molecule has 0 N–H and O–H groups in total. The zero-order chi connectivity index (χ0) is 31.7. The smallest absolute Gasteiger partial charge is 1.00 e. The summed E-state index contributed by atoms with van der Waals surface area (Å²) in [7, 11) is -2.17. The van der Waals surface area contributed by atoms with Gasteiger partial charge in [-0.1, -0.05) is 0 Å². The fourth-order valence-corrected chi connectivity index (χ4v) is 20.2. The van der Waals surface area contributed by atoms with Crippen LogP contribution in [0.5, 0.6) is 0 Å². The molecule has 6 aromatic carbocycles. The van der Waals surface area contributed by atoms with Crippen LogP contribution in [0.2, 0.25) is 13.1 Å². The van der Waals surface area contributed by atoms with Crippen LogP contribution < -0.4 is 24.8 Å². The van der Waals surface area contributed by atoms with Crippen molar-refractivity contribution >= 4 is 63.3 Å². The minimum Gasteiger partial charge on any atom is -1.00 e. The molecule has 0 amide bonds. The Labute approximate surface area is 319 Å². The fourth-order valence-electron chi connectivity index (χ4n) is 10.2. The zero-order valence-corrected chi connectivity index (χ0v) is 33.0. The van der Waals surface area contributed by atoms with E-state index in [0.29, 0.717) is 7.25 Å². The summed E-state index contributed by atoms with van der Waals surface area (Å²) >= 11 is -1.06. The van der Waals surface area contributed by atoms with Crippen molar-refractivity contribution in [3.63, 3.8) is 0 Å². The van der Waals surface area contributed by atoms with Gasteiger partial charge < -0.3 is 24.8 Å². The third-order valence-corrected chi connectivity index (χ3v) is 20.6. The van der Waals surface area contributed by atoms with E-state index < -0.39 is 31.3 Å². The molecule has 0 aromatic heterocycles. The Balaban J connectivity index is 0.00000168. The second-order valence-corrected chi connectivity index (χ2v) is 22.7. The van der Waals surface area contributed by atoms with Crippen molar-refractivity contribution in [1.29, 1.82) is 0 Å². The van der Waals surface area contributed by atoms with Crippen LogP contribution in [0.25, 0.3) is 55.2 Å². The van der Waals surface area contributed by atoms with Gasteiger partial charge in [0.2, 0.25) is 0 Å². The Morgan fingerprint density at radius 3 is 1.34 bits per heavy atom. The molecule has 0 nitrogen and oxygen atoms in total. The third-order valence-electron chi connectivity index (χ3n) is 12.0. The van der Waals surface area contributed by atoms with Gasteiger partial charge in [0.15, 0.2) is 0 Å². The van der Waals surface area contributed by atoms with Crippen LogP contribution in [0, 0.1) is 0 Å². The van der Waals surface area contributed by atoms with Crippen LogP contribution in [0.4, 0.5) is 0 Å². The number of rotatable bonds is 4. The van der Waals surface area contributed by atoms with Crippen molar-refractivity contribution < 1.29 is 48.0 Å². The first-order valence-electron chi connectivity index (χ1n) is 17.4. The maximum absolute atomic E-state index is 2.70. The molecule has 240 valence electrons. The number of halogens is 2. The summed E-state index contributed by atoms with van der Waals surface area (Å²) in [6, 6.07) is 46.7.